The third kappa shape index (κ3) is 1.25. The average Bonchev–Trinajstić information content (AvgIpc) is 2.60. The Morgan fingerprint density at radius 3 is 2.24 bits per heavy atom. The van der Waals surface area contributed by atoms with Crippen LogP contribution >= 0.6 is 0 Å². The van der Waals surface area contributed by atoms with E-state index in [1.54, 1.807) is 0 Å². The number of aryl methyl sites for hydroxylation is 4. The van der Waals surface area contributed by atoms with Crippen LogP contribution in [0.5, 0.6) is 0 Å². The maximum absolute atomic E-state index is 2.30. The summed E-state index contributed by atoms with van der Waals surface area (Å²) in [6.45, 7) is 6.61. The molecular formula is C16H17N. The minimum absolute atomic E-state index is 1.33. The number of fused-ring (bicyclic) bond motifs is 3. The summed E-state index contributed by atoms with van der Waals surface area (Å²) in [5.74, 6) is 0. The van der Waals surface area contributed by atoms with Crippen molar-refractivity contribution in [3.63, 3.8) is 0 Å². The quantitative estimate of drug-likeness (QED) is 0.536. The molecule has 1 nitrogen and oxygen atoms in total. The second kappa shape index (κ2) is 3.36. The largest absolute Gasteiger partial charge is 0.344 e. The van der Waals surface area contributed by atoms with Crippen LogP contribution in [-0.2, 0) is 7.05 Å². The van der Waals surface area contributed by atoms with Crippen LogP contribution in [0.1, 0.15) is 16.7 Å². The van der Waals surface area contributed by atoms with Crippen molar-refractivity contribution in [2.24, 2.45) is 7.05 Å². The fourth-order valence-electron chi connectivity index (χ4n) is 2.78. The van der Waals surface area contributed by atoms with E-state index < -0.39 is 0 Å². The molecule has 2 aromatic carbocycles. The highest BCUT2D eigenvalue weighted by Crippen LogP contribution is 2.33. The predicted molar refractivity (Wildman–Crippen MR) is 74.6 cm³/mol. The van der Waals surface area contributed by atoms with Crippen LogP contribution in [0, 0.1) is 20.8 Å². The summed E-state index contributed by atoms with van der Waals surface area (Å²) in [5.41, 5.74) is 6.79. The van der Waals surface area contributed by atoms with Gasteiger partial charge in [0.25, 0.3) is 0 Å². The molecule has 0 saturated heterocycles. The van der Waals surface area contributed by atoms with Gasteiger partial charge in [-0.1, -0.05) is 18.2 Å². The van der Waals surface area contributed by atoms with Gasteiger partial charge in [0.2, 0.25) is 0 Å². The zero-order valence-electron chi connectivity index (χ0n) is 10.8. The molecule has 0 radical (unpaired) electrons. The van der Waals surface area contributed by atoms with Crippen LogP contribution in [0.2, 0.25) is 0 Å². The van der Waals surface area contributed by atoms with Gasteiger partial charge in [0, 0.05) is 28.9 Å². The third-order valence-electron chi connectivity index (χ3n) is 3.94. The molecule has 17 heavy (non-hydrogen) atoms. The van der Waals surface area contributed by atoms with Crippen LogP contribution in [0.15, 0.2) is 30.3 Å². The van der Waals surface area contributed by atoms with Crippen molar-refractivity contribution in [3.05, 3.63) is 47.0 Å². The predicted octanol–water partition coefficient (Wildman–Crippen LogP) is 4.26. The van der Waals surface area contributed by atoms with Crippen molar-refractivity contribution in [2.45, 2.75) is 20.8 Å². The van der Waals surface area contributed by atoms with Crippen molar-refractivity contribution >= 4 is 21.8 Å². The van der Waals surface area contributed by atoms with Gasteiger partial charge < -0.3 is 4.57 Å². The van der Waals surface area contributed by atoms with Crippen molar-refractivity contribution < 1.29 is 0 Å². The van der Waals surface area contributed by atoms with Crippen molar-refractivity contribution in [1.29, 1.82) is 0 Å². The van der Waals surface area contributed by atoms with Gasteiger partial charge >= 0.3 is 0 Å². The maximum atomic E-state index is 2.30. The zero-order valence-corrected chi connectivity index (χ0v) is 10.8. The first kappa shape index (κ1) is 10.4. The van der Waals surface area contributed by atoms with Gasteiger partial charge in [-0.25, -0.2) is 0 Å². The molecule has 0 N–H and O–H groups in total. The third-order valence-corrected chi connectivity index (χ3v) is 3.94. The Hall–Kier alpha value is -1.76. The highest BCUT2D eigenvalue weighted by atomic mass is 14.9. The summed E-state index contributed by atoms with van der Waals surface area (Å²) < 4.78 is 2.30. The fourth-order valence-corrected chi connectivity index (χ4v) is 2.78. The van der Waals surface area contributed by atoms with Gasteiger partial charge in [-0.15, -0.1) is 0 Å². The van der Waals surface area contributed by atoms with Gasteiger partial charge in [-0.05, 0) is 49.6 Å². The number of hydrogen-bond acceptors (Lipinski definition) is 0. The number of benzene rings is 2. The first-order valence-corrected chi connectivity index (χ1v) is 6.05. The Labute approximate surface area is 102 Å². The number of hydrogen-bond donors (Lipinski definition) is 0. The first-order chi connectivity index (χ1) is 8.11. The lowest BCUT2D eigenvalue weighted by molar-refractivity contribution is 1.01. The number of nitrogens with zero attached hydrogens (tertiary/aromatic N) is 1. The van der Waals surface area contributed by atoms with E-state index in [-0.39, 0.29) is 0 Å². The molecule has 0 aliphatic carbocycles. The summed E-state index contributed by atoms with van der Waals surface area (Å²) in [5, 5.41) is 2.83. The normalized spacial score (nSPS) is 11.5. The molecule has 1 heterocycles. The summed E-state index contributed by atoms with van der Waals surface area (Å²) >= 11 is 0. The van der Waals surface area contributed by atoms with E-state index in [9.17, 15) is 0 Å². The monoisotopic (exact) mass is 223 g/mol. The first-order valence-electron chi connectivity index (χ1n) is 6.05. The minimum atomic E-state index is 1.33. The van der Waals surface area contributed by atoms with E-state index in [1.807, 2.05) is 0 Å². The highest BCUT2D eigenvalue weighted by Gasteiger charge is 2.12. The van der Waals surface area contributed by atoms with Crippen molar-refractivity contribution in [2.75, 3.05) is 0 Å². The molecule has 0 atom stereocenters. The lowest BCUT2D eigenvalue weighted by atomic mass is 10.0. The molecule has 0 unspecified atom stereocenters. The molecule has 0 fully saturated rings. The standard InChI is InChI=1S/C16H17N/c1-10-8-9-14-16(12(10)3)15-11(2)6-5-7-13(15)17(14)4/h5-9H,1-4H3. The van der Waals surface area contributed by atoms with Crippen LogP contribution in [0.4, 0.5) is 0 Å². The summed E-state index contributed by atoms with van der Waals surface area (Å²) in [7, 11) is 2.15. The number of rotatable bonds is 0. The molecule has 0 saturated carbocycles. The SMILES string of the molecule is Cc1ccc2c(c1C)c1c(C)cccc1n2C. The summed E-state index contributed by atoms with van der Waals surface area (Å²) in [6, 6.07) is 11.0. The molecule has 0 spiro atoms. The maximum Gasteiger partial charge on any atom is 0.0491 e. The zero-order chi connectivity index (χ0) is 12.2. The molecule has 0 aliphatic heterocycles. The molecule has 86 valence electrons. The van der Waals surface area contributed by atoms with Gasteiger partial charge in [0.1, 0.15) is 0 Å². The van der Waals surface area contributed by atoms with E-state index in [2.05, 4.69) is 62.7 Å². The van der Waals surface area contributed by atoms with Crippen molar-refractivity contribution in [3.8, 4) is 0 Å². The van der Waals surface area contributed by atoms with Crippen molar-refractivity contribution in [1.82, 2.24) is 4.57 Å². The fraction of sp³-hybridized carbons (Fsp3) is 0.250. The Kier molecular flexibility index (Phi) is 2.06. The minimum Gasteiger partial charge on any atom is -0.344 e. The molecule has 0 amide bonds. The molecule has 0 bridgehead atoms. The molecule has 1 aromatic heterocycles. The Morgan fingerprint density at radius 1 is 0.765 bits per heavy atom. The Morgan fingerprint density at radius 2 is 1.47 bits per heavy atom. The summed E-state index contributed by atoms with van der Waals surface area (Å²) in [4.78, 5) is 0. The van der Waals surface area contributed by atoms with Crippen LogP contribution in [0.25, 0.3) is 21.8 Å². The summed E-state index contributed by atoms with van der Waals surface area (Å²) in [6.07, 6.45) is 0. The topological polar surface area (TPSA) is 4.93 Å². The van der Waals surface area contributed by atoms with E-state index in [1.165, 1.54) is 38.5 Å². The molecule has 3 rings (SSSR count). The number of aromatic nitrogens is 1. The molecule has 0 aliphatic rings. The van der Waals surface area contributed by atoms with Gasteiger partial charge in [0.05, 0.1) is 0 Å². The van der Waals surface area contributed by atoms with E-state index in [4.69, 9.17) is 0 Å². The van der Waals surface area contributed by atoms with Crippen LogP contribution < -0.4 is 0 Å². The second-order valence-corrected chi connectivity index (χ2v) is 4.93. The van der Waals surface area contributed by atoms with E-state index in [0.717, 1.165) is 0 Å². The van der Waals surface area contributed by atoms with Crippen LogP contribution in [0.3, 0.4) is 0 Å². The Bertz CT molecular complexity index is 732. The molecule has 3 aromatic rings. The smallest absolute Gasteiger partial charge is 0.0491 e. The lowest BCUT2D eigenvalue weighted by Crippen LogP contribution is -1.87. The molecular weight excluding hydrogens is 206 g/mol. The second-order valence-electron chi connectivity index (χ2n) is 4.93. The van der Waals surface area contributed by atoms with Gasteiger partial charge in [-0.2, -0.15) is 0 Å². The lowest BCUT2D eigenvalue weighted by Gasteiger charge is -2.03. The highest BCUT2D eigenvalue weighted by molar-refractivity contribution is 6.11. The average molecular weight is 223 g/mol. The van der Waals surface area contributed by atoms with Gasteiger partial charge in [0.15, 0.2) is 0 Å². The van der Waals surface area contributed by atoms with Gasteiger partial charge in [-0.3, -0.25) is 0 Å². The van der Waals surface area contributed by atoms with Crippen LogP contribution in [-0.4, -0.2) is 4.57 Å². The Balaban J connectivity index is 2.71. The van der Waals surface area contributed by atoms with E-state index >= 15 is 0 Å². The van der Waals surface area contributed by atoms with E-state index in [0.29, 0.717) is 0 Å². The molecule has 1 heteroatoms.